The first kappa shape index (κ1) is 24.3. The summed E-state index contributed by atoms with van der Waals surface area (Å²) in [4.78, 5) is 40.5. The third-order valence-electron chi connectivity index (χ3n) is 5.33. The van der Waals surface area contributed by atoms with Gasteiger partial charge in [-0.25, -0.2) is 4.79 Å². The van der Waals surface area contributed by atoms with Gasteiger partial charge in [0.1, 0.15) is 18.2 Å². The van der Waals surface area contributed by atoms with Crippen LogP contribution in [0.3, 0.4) is 0 Å². The molecular weight excluding hydrogens is 418 g/mol. The highest BCUT2D eigenvalue weighted by Crippen LogP contribution is 2.35. The molecule has 0 saturated heterocycles. The number of carbonyl (C=O) groups excluding carboxylic acids is 3. The van der Waals surface area contributed by atoms with Crippen molar-refractivity contribution in [2.75, 3.05) is 11.9 Å². The van der Waals surface area contributed by atoms with E-state index in [0.717, 1.165) is 29.5 Å². The van der Waals surface area contributed by atoms with E-state index < -0.39 is 17.7 Å². The molecule has 3 amide bonds. The Morgan fingerprint density at radius 1 is 1.03 bits per heavy atom. The summed E-state index contributed by atoms with van der Waals surface area (Å²) in [7, 11) is 0. The molecular formula is C26H33N3O4. The minimum absolute atomic E-state index is 0.0492. The molecule has 0 bridgehead atoms. The highest BCUT2D eigenvalue weighted by atomic mass is 16.6. The van der Waals surface area contributed by atoms with E-state index >= 15 is 0 Å². The van der Waals surface area contributed by atoms with Gasteiger partial charge in [-0.1, -0.05) is 48.0 Å². The van der Waals surface area contributed by atoms with Gasteiger partial charge in [-0.2, -0.15) is 0 Å². The Hall–Kier alpha value is -3.35. The molecule has 2 N–H and O–H groups in total. The van der Waals surface area contributed by atoms with Crippen molar-refractivity contribution in [1.29, 1.82) is 0 Å². The number of carbonyl (C=O) groups is 3. The van der Waals surface area contributed by atoms with E-state index in [-0.39, 0.29) is 24.4 Å². The molecule has 3 rings (SSSR count). The first-order valence-electron chi connectivity index (χ1n) is 11.3. The van der Waals surface area contributed by atoms with E-state index in [9.17, 15) is 14.4 Å². The summed E-state index contributed by atoms with van der Waals surface area (Å²) in [5.41, 5.74) is 2.76. The number of benzene rings is 2. The van der Waals surface area contributed by atoms with Crippen molar-refractivity contribution < 1.29 is 19.1 Å². The summed E-state index contributed by atoms with van der Waals surface area (Å²) >= 11 is 0. The van der Waals surface area contributed by atoms with Crippen LogP contribution in [0.15, 0.2) is 48.5 Å². The molecule has 2 aromatic rings. The lowest BCUT2D eigenvalue weighted by Crippen LogP contribution is -2.47. The van der Waals surface area contributed by atoms with Crippen molar-refractivity contribution in [1.82, 2.24) is 10.2 Å². The predicted octanol–water partition coefficient (Wildman–Crippen LogP) is 4.50. The van der Waals surface area contributed by atoms with Gasteiger partial charge in [0.05, 0.1) is 0 Å². The van der Waals surface area contributed by atoms with Gasteiger partial charge in [0, 0.05) is 11.7 Å². The maximum atomic E-state index is 13.5. The zero-order valence-electron chi connectivity index (χ0n) is 20.0. The number of hydrogen-bond acceptors (Lipinski definition) is 4. The summed E-state index contributed by atoms with van der Waals surface area (Å²) in [5, 5.41) is 5.52. The molecule has 0 aromatic heterocycles. The number of para-hydroxylation sites is 1. The van der Waals surface area contributed by atoms with Gasteiger partial charge in [0.25, 0.3) is 5.91 Å². The van der Waals surface area contributed by atoms with E-state index in [4.69, 9.17) is 4.74 Å². The number of ether oxygens (including phenoxy) is 1. The summed E-state index contributed by atoms with van der Waals surface area (Å²) in [5.74, 6) is -0.612. The Balaban J connectivity index is 1.85. The summed E-state index contributed by atoms with van der Waals surface area (Å²) in [6, 6.07) is 14.3. The average Bonchev–Trinajstić information content (AvgIpc) is 3.56. The molecule has 1 unspecified atom stereocenters. The van der Waals surface area contributed by atoms with Crippen LogP contribution in [0.4, 0.5) is 10.5 Å². The molecule has 0 aliphatic heterocycles. The van der Waals surface area contributed by atoms with Crippen molar-refractivity contribution in [3.05, 3.63) is 65.2 Å². The Morgan fingerprint density at radius 3 is 2.24 bits per heavy atom. The largest absolute Gasteiger partial charge is 0.444 e. The van der Waals surface area contributed by atoms with E-state index in [1.807, 2.05) is 62.4 Å². The molecule has 2 aromatic carbocycles. The SMILES string of the molecule is Cc1ccc(C(C(=O)Nc2ccccc2C)N(C(=O)CNC(=O)OC(C)(C)C)C2CC2)cc1. The van der Waals surface area contributed by atoms with Gasteiger partial charge in [-0.3, -0.25) is 9.59 Å². The second-order valence-corrected chi connectivity index (χ2v) is 9.51. The minimum atomic E-state index is -0.814. The molecule has 7 nitrogen and oxygen atoms in total. The second-order valence-electron chi connectivity index (χ2n) is 9.51. The van der Waals surface area contributed by atoms with Crippen LogP contribution in [0.5, 0.6) is 0 Å². The van der Waals surface area contributed by atoms with Crippen LogP contribution in [0, 0.1) is 13.8 Å². The van der Waals surface area contributed by atoms with Crippen LogP contribution in [0.25, 0.3) is 0 Å². The minimum Gasteiger partial charge on any atom is -0.444 e. The number of hydrogen-bond donors (Lipinski definition) is 2. The van der Waals surface area contributed by atoms with E-state index in [0.29, 0.717) is 5.69 Å². The third kappa shape index (κ3) is 6.81. The molecule has 7 heteroatoms. The monoisotopic (exact) mass is 451 g/mol. The van der Waals surface area contributed by atoms with Gasteiger partial charge >= 0.3 is 6.09 Å². The van der Waals surface area contributed by atoms with Crippen molar-refractivity contribution in [3.63, 3.8) is 0 Å². The van der Waals surface area contributed by atoms with Crippen LogP contribution in [0.2, 0.25) is 0 Å². The van der Waals surface area contributed by atoms with Gasteiger partial charge in [-0.15, -0.1) is 0 Å². The molecule has 1 aliphatic rings. The lowest BCUT2D eigenvalue weighted by Gasteiger charge is -2.32. The number of nitrogens with zero attached hydrogens (tertiary/aromatic N) is 1. The fraction of sp³-hybridized carbons (Fsp3) is 0.423. The molecule has 1 aliphatic carbocycles. The van der Waals surface area contributed by atoms with Gasteiger partial charge in [0.2, 0.25) is 5.91 Å². The predicted molar refractivity (Wildman–Crippen MR) is 128 cm³/mol. The van der Waals surface area contributed by atoms with Crippen molar-refractivity contribution in [2.45, 2.75) is 65.1 Å². The normalized spacial score (nSPS) is 14.2. The van der Waals surface area contributed by atoms with E-state index in [1.54, 1.807) is 25.7 Å². The lowest BCUT2D eigenvalue weighted by atomic mass is 10.0. The highest BCUT2D eigenvalue weighted by molar-refractivity contribution is 5.99. The molecule has 0 radical (unpaired) electrons. The Morgan fingerprint density at radius 2 is 1.67 bits per heavy atom. The Labute approximate surface area is 195 Å². The van der Waals surface area contributed by atoms with Crippen LogP contribution in [0.1, 0.15) is 56.3 Å². The first-order valence-corrected chi connectivity index (χ1v) is 11.3. The quantitative estimate of drug-likeness (QED) is 0.649. The fourth-order valence-corrected chi connectivity index (χ4v) is 3.57. The highest BCUT2D eigenvalue weighted by Gasteiger charge is 2.41. The first-order chi connectivity index (χ1) is 15.5. The Kier molecular flexibility index (Phi) is 7.41. The summed E-state index contributed by atoms with van der Waals surface area (Å²) in [6.45, 7) is 8.92. The smallest absolute Gasteiger partial charge is 0.408 e. The molecule has 176 valence electrons. The molecule has 0 heterocycles. The Bertz CT molecular complexity index is 1010. The summed E-state index contributed by atoms with van der Waals surface area (Å²) < 4.78 is 5.24. The maximum absolute atomic E-state index is 13.5. The number of amides is 3. The number of anilines is 1. The van der Waals surface area contributed by atoms with Gasteiger partial charge < -0.3 is 20.3 Å². The van der Waals surface area contributed by atoms with Crippen molar-refractivity contribution >= 4 is 23.6 Å². The molecule has 0 spiro atoms. The number of aryl methyl sites for hydroxylation is 2. The van der Waals surface area contributed by atoms with Crippen molar-refractivity contribution in [2.24, 2.45) is 0 Å². The number of nitrogens with one attached hydrogen (secondary N) is 2. The van der Waals surface area contributed by atoms with Crippen LogP contribution < -0.4 is 10.6 Å². The average molecular weight is 452 g/mol. The molecule has 33 heavy (non-hydrogen) atoms. The molecule has 1 saturated carbocycles. The van der Waals surface area contributed by atoms with Crippen molar-refractivity contribution in [3.8, 4) is 0 Å². The standard InChI is InChI=1S/C26H33N3O4/c1-17-10-12-19(13-11-17)23(24(31)28-21-9-7-6-8-18(21)2)29(20-14-15-20)22(30)16-27-25(32)33-26(3,4)5/h6-13,20,23H,14-16H2,1-5H3,(H,27,32)(H,28,31). The van der Waals surface area contributed by atoms with Crippen LogP contribution >= 0.6 is 0 Å². The third-order valence-corrected chi connectivity index (χ3v) is 5.33. The molecule has 1 atom stereocenters. The zero-order valence-corrected chi connectivity index (χ0v) is 20.0. The zero-order chi connectivity index (χ0) is 24.2. The van der Waals surface area contributed by atoms with Crippen LogP contribution in [-0.4, -0.2) is 41.0 Å². The topological polar surface area (TPSA) is 87.7 Å². The summed E-state index contributed by atoms with van der Waals surface area (Å²) in [6.07, 6.45) is 0.971. The van der Waals surface area contributed by atoms with E-state index in [2.05, 4.69) is 10.6 Å². The fourth-order valence-electron chi connectivity index (χ4n) is 3.57. The number of alkyl carbamates (subject to hydrolysis) is 1. The van der Waals surface area contributed by atoms with Gasteiger partial charge in [0.15, 0.2) is 0 Å². The maximum Gasteiger partial charge on any atom is 0.408 e. The molecule has 1 fully saturated rings. The lowest BCUT2D eigenvalue weighted by molar-refractivity contribution is -0.138. The van der Waals surface area contributed by atoms with Crippen LogP contribution in [-0.2, 0) is 14.3 Å². The second kappa shape index (κ2) is 10.1. The van der Waals surface area contributed by atoms with E-state index in [1.165, 1.54) is 0 Å². The number of rotatable bonds is 7. The van der Waals surface area contributed by atoms with Gasteiger partial charge in [-0.05, 0) is 64.7 Å².